The summed E-state index contributed by atoms with van der Waals surface area (Å²) in [7, 11) is 0. The molecular formula is C9H9AsO. The van der Waals surface area contributed by atoms with Crippen LogP contribution in [0.25, 0.3) is 0 Å². The Morgan fingerprint density at radius 3 is 2.27 bits per heavy atom. The predicted octanol–water partition coefficient (Wildman–Crippen LogP) is 1.24. The number of hydrogen-bond donors (Lipinski definition) is 0. The number of benzene rings is 1. The summed E-state index contributed by atoms with van der Waals surface area (Å²) in [5.74, 6) is 0.812. The third-order valence-corrected chi connectivity index (χ3v) is 3.12. The van der Waals surface area contributed by atoms with Crippen molar-refractivity contribution in [3.05, 3.63) is 29.8 Å². The zero-order chi connectivity index (χ0) is 7.68. The van der Waals surface area contributed by atoms with Gasteiger partial charge in [-0.1, -0.05) is 0 Å². The van der Waals surface area contributed by atoms with Gasteiger partial charge in [-0.15, -0.1) is 0 Å². The van der Waals surface area contributed by atoms with Crippen molar-refractivity contribution in [2.24, 2.45) is 0 Å². The fraction of sp³-hybridized carbons (Fsp3) is 0.333. The molecular weight excluding hydrogens is 199 g/mol. The van der Waals surface area contributed by atoms with Crippen LogP contribution in [0.4, 0.5) is 0 Å². The molecule has 11 heavy (non-hydrogen) atoms. The van der Waals surface area contributed by atoms with E-state index in [1.54, 1.807) is 0 Å². The average molecular weight is 208 g/mol. The standard InChI is InChI=1S/C9H9AsO/c11-10-9-5-3-8(4-6-9)7-1-2-7/h3-7H,1-2H2. The molecule has 1 aromatic carbocycles. The summed E-state index contributed by atoms with van der Waals surface area (Å²) in [6.45, 7) is 0. The first-order valence-electron chi connectivity index (χ1n) is 3.83. The third-order valence-electron chi connectivity index (χ3n) is 2.05. The Morgan fingerprint density at radius 1 is 1.18 bits per heavy atom. The second-order valence-electron chi connectivity index (χ2n) is 2.96. The SMILES string of the molecule is O=[As]c1ccc(C2CC2)cc1. The van der Waals surface area contributed by atoms with Gasteiger partial charge in [0, 0.05) is 0 Å². The minimum atomic E-state index is -0.826. The minimum absolute atomic E-state index is 0.812. The second-order valence-corrected chi connectivity index (χ2v) is 4.42. The molecule has 1 aliphatic rings. The molecule has 0 unspecified atom stereocenters. The summed E-state index contributed by atoms with van der Waals surface area (Å²) in [6.07, 6.45) is 2.68. The van der Waals surface area contributed by atoms with Crippen LogP contribution in [0, 0.1) is 0 Å². The first kappa shape index (κ1) is 7.24. The third kappa shape index (κ3) is 1.59. The van der Waals surface area contributed by atoms with E-state index in [9.17, 15) is 3.74 Å². The first-order chi connectivity index (χ1) is 5.40. The van der Waals surface area contributed by atoms with Gasteiger partial charge in [0.25, 0.3) is 0 Å². The summed E-state index contributed by atoms with van der Waals surface area (Å²) >= 11 is -0.826. The molecule has 0 aromatic heterocycles. The van der Waals surface area contributed by atoms with Crippen molar-refractivity contribution in [1.29, 1.82) is 0 Å². The Labute approximate surface area is 72.7 Å². The van der Waals surface area contributed by atoms with E-state index in [2.05, 4.69) is 12.1 Å². The summed E-state index contributed by atoms with van der Waals surface area (Å²) in [5.41, 5.74) is 1.42. The van der Waals surface area contributed by atoms with E-state index in [0.717, 1.165) is 10.3 Å². The molecule has 2 heteroatoms. The summed E-state index contributed by atoms with van der Waals surface area (Å²) in [6, 6.07) is 8.20. The van der Waals surface area contributed by atoms with Crippen molar-refractivity contribution in [2.45, 2.75) is 18.8 Å². The zero-order valence-electron chi connectivity index (χ0n) is 6.16. The van der Waals surface area contributed by atoms with Gasteiger partial charge in [-0.2, -0.15) is 0 Å². The molecule has 0 amide bonds. The van der Waals surface area contributed by atoms with E-state index < -0.39 is 15.7 Å². The molecule has 1 aromatic rings. The maximum atomic E-state index is 10.5. The number of hydrogen-bond acceptors (Lipinski definition) is 1. The van der Waals surface area contributed by atoms with Crippen molar-refractivity contribution in [1.82, 2.24) is 0 Å². The summed E-state index contributed by atoms with van der Waals surface area (Å²) in [5, 5.41) is 0. The Hall–Kier alpha value is -0.422. The van der Waals surface area contributed by atoms with Crippen LogP contribution in [0.2, 0.25) is 0 Å². The maximum absolute atomic E-state index is 10.5. The van der Waals surface area contributed by atoms with Gasteiger partial charge in [0.1, 0.15) is 0 Å². The molecule has 1 nitrogen and oxygen atoms in total. The molecule has 0 bridgehead atoms. The molecule has 0 heterocycles. The fourth-order valence-electron chi connectivity index (χ4n) is 1.22. The normalized spacial score (nSPS) is 17.1. The topological polar surface area (TPSA) is 17.1 Å². The van der Waals surface area contributed by atoms with Crippen LogP contribution in [-0.2, 0) is 3.74 Å². The van der Waals surface area contributed by atoms with Crippen molar-refractivity contribution < 1.29 is 3.74 Å². The van der Waals surface area contributed by atoms with Gasteiger partial charge >= 0.3 is 72.4 Å². The molecule has 1 aliphatic carbocycles. The molecule has 0 N–H and O–H groups in total. The van der Waals surface area contributed by atoms with Crippen LogP contribution in [0.3, 0.4) is 0 Å². The van der Waals surface area contributed by atoms with Crippen molar-refractivity contribution in [2.75, 3.05) is 0 Å². The van der Waals surface area contributed by atoms with Gasteiger partial charge < -0.3 is 0 Å². The van der Waals surface area contributed by atoms with Gasteiger partial charge in [-0.3, -0.25) is 0 Å². The molecule has 0 atom stereocenters. The predicted molar refractivity (Wildman–Crippen MR) is 44.5 cm³/mol. The monoisotopic (exact) mass is 208 g/mol. The zero-order valence-corrected chi connectivity index (χ0v) is 8.03. The first-order valence-corrected chi connectivity index (χ1v) is 5.54. The van der Waals surface area contributed by atoms with E-state index in [1.807, 2.05) is 12.1 Å². The Kier molecular flexibility index (Phi) is 1.91. The Morgan fingerprint density at radius 2 is 1.82 bits per heavy atom. The molecule has 0 spiro atoms. The molecule has 0 aliphatic heterocycles. The molecule has 0 saturated heterocycles. The van der Waals surface area contributed by atoms with E-state index in [0.29, 0.717) is 0 Å². The van der Waals surface area contributed by atoms with Crippen LogP contribution < -0.4 is 4.35 Å². The summed E-state index contributed by atoms with van der Waals surface area (Å²) < 4.78 is 11.5. The summed E-state index contributed by atoms with van der Waals surface area (Å²) in [4.78, 5) is 0. The van der Waals surface area contributed by atoms with Crippen molar-refractivity contribution >= 4 is 20.0 Å². The molecule has 56 valence electrons. The van der Waals surface area contributed by atoms with E-state index in [-0.39, 0.29) is 0 Å². The molecule has 1 saturated carbocycles. The van der Waals surface area contributed by atoms with Gasteiger partial charge in [-0.25, -0.2) is 0 Å². The average Bonchev–Trinajstić information content (AvgIpc) is 2.87. The second kappa shape index (κ2) is 2.90. The number of rotatable bonds is 2. The van der Waals surface area contributed by atoms with E-state index in [4.69, 9.17) is 0 Å². The molecule has 1 fully saturated rings. The van der Waals surface area contributed by atoms with E-state index in [1.165, 1.54) is 18.4 Å². The van der Waals surface area contributed by atoms with Crippen LogP contribution in [-0.4, -0.2) is 15.7 Å². The van der Waals surface area contributed by atoms with Crippen LogP contribution in [0.1, 0.15) is 24.3 Å². The fourth-order valence-corrected chi connectivity index (χ4v) is 1.79. The van der Waals surface area contributed by atoms with E-state index >= 15 is 0 Å². The van der Waals surface area contributed by atoms with Crippen LogP contribution >= 0.6 is 0 Å². The Balaban J connectivity index is 2.25. The molecule has 0 radical (unpaired) electrons. The van der Waals surface area contributed by atoms with Crippen molar-refractivity contribution in [3.63, 3.8) is 0 Å². The van der Waals surface area contributed by atoms with Crippen LogP contribution in [0.5, 0.6) is 0 Å². The van der Waals surface area contributed by atoms with Gasteiger partial charge in [-0.05, 0) is 0 Å². The van der Waals surface area contributed by atoms with Gasteiger partial charge in [0.05, 0.1) is 0 Å². The van der Waals surface area contributed by atoms with Crippen LogP contribution in [0.15, 0.2) is 24.3 Å². The quantitative estimate of drug-likeness (QED) is 0.668. The Bertz CT molecular complexity index is 261. The molecule has 2 rings (SSSR count). The van der Waals surface area contributed by atoms with Gasteiger partial charge in [0.15, 0.2) is 0 Å². The van der Waals surface area contributed by atoms with Crippen molar-refractivity contribution in [3.8, 4) is 0 Å². The van der Waals surface area contributed by atoms with Gasteiger partial charge in [0.2, 0.25) is 0 Å².